The molecule has 0 aromatic heterocycles. The van der Waals surface area contributed by atoms with Gasteiger partial charge in [-0.05, 0) is 25.7 Å². The topological polar surface area (TPSA) is 95.9 Å². The molecule has 1 amide bonds. The number of carbonyl (C=O) groups is 2. The second-order valence-corrected chi connectivity index (χ2v) is 18.3. The number of amides is 1. The van der Waals surface area contributed by atoms with Gasteiger partial charge in [0, 0.05) is 6.42 Å². The molecule has 6 heteroatoms. The summed E-state index contributed by atoms with van der Waals surface area (Å²) in [4.78, 5) is 26.1. The highest BCUT2D eigenvalue weighted by Gasteiger charge is 2.24. The van der Waals surface area contributed by atoms with Crippen molar-refractivity contribution in [2.75, 3.05) is 6.61 Å². The average Bonchev–Trinajstić information content (AvgIpc) is 3.22. The van der Waals surface area contributed by atoms with E-state index in [2.05, 4.69) is 26.1 Å². The Bertz CT molecular complexity index is 837. The largest absolute Gasteiger partial charge is 0.462 e. The van der Waals surface area contributed by atoms with Crippen LogP contribution in [0.15, 0.2) is 0 Å². The number of nitrogens with one attached hydrogen (secondary N) is 1. The monoisotopic (exact) mass is 822 g/mol. The van der Waals surface area contributed by atoms with Gasteiger partial charge in [-0.15, -0.1) is 0 Å². The fourth-order valence-electron chi connectivity index (χ4n) is 8.43. The smallest absolute Gasteiger partial charge is 0.306 e. The molecule has 0 aromatic carbocycles. The Hall–Kier alpha value is -1.14. The molecule has 0 aliphatic heterocycles. The number of esters is 1. The van der Waals surface area contributed by atoms with Gasteiger partial charge >= 0.3 is 5.97 Å². The third-order valence-electron chi connectivity index (χ3n) is 12.4. The fourth-order valence-corrected chi connectivity index (χ4v) is 8.43. The minimum atomic E-state index is -0.778. The first-order valence-electron chi connectivity index (χ1n) is 26.3. The van der Waals surface area contributed by atoms with Gasteiger partial charge in [-0.1, -0.05) is 258 Å². The van der Waals surface area contributed by atoms with E-state index in [0.29, 0.717) is 19.3 Å². The SMILES string of the molecule is CCCCCCCCCCCCCCCCCCC(=O)OC(CCCCCCCCCCCCC)CC(=O)NC(CO)C(O)CCCCCCCCCCCCCC. The Balaban J connectivity index is 4.46. The van der Waals surface area contributed by atoms with Crippen LogP contribution in [0.3, 0.4) is 0 Å². The molecule has 3 N–H and O–H groups in total. The molecule has 0 fully saturated rings. The van der Waals surface area contributed by atoms with Crippen molar-refractivity contribution < 1.29 is 24.5 Å². The number of aliphatic hydroxyl groups excluding tert-OH is 2. The van der Waals surface area contributed by atoms with Gasteiger partial charge in [-0.2, -0.15) is 0 Å². The zero-order chi connectivity index (χ0) is 42.4. The molecule has 0 aromatic rings. The van der Waals surface area contributed by atoms with E-state index in [0.717, 1.165) is 38.5 Å². The van der Waals surface area contributed by atoms with E-state index in [1.165, 1.54) is 212 Å². The van der Waals surface area contributed by atoms with Crippen LogP contribution < -0.4 is 5.32 Å². The second kappa shape index (κ2) is 46.9. The summed E-state index contributed by atoms with van der Waals surface area (Å²) in [5, 5.41) is 23.7. The molecule has 3 atom stereocenters. The summed E-state index contributed by atoms with van der Waals surface area (Å²) >= 11 is 0. The average molecular weight is 822 g/mol. The Kier molecular flexibility index (Phi) is 46.0. The molecule has 0 aliphatic carbocycles. The number of aliphatic hydroxyl groups is 2. The van der Waals surface area contributed by atoms with Crippen LogP contribution >= 0.6 is 0 Å². The Morgan fingerprint density at radius 1 is 0.431 bits per heavy atom. The van der Waals surface area contributed by atoms with Crippen molar-refractivity contribution in [3.63, 3.8) is 0 Å². The predicted octanol–water partition coefficient (Wildman–Crippen LogP) is 15.6. The van der Waals surface area contributed by atoms with Crippen molar-refractivity contribution in [1.29, 1.82) is 0 Å². The lowest BCUT2D eigenvalue weighted by Gasteiger charge is -2.24. The number of carbonyl (C=O) groups excluding carboxylic acids is 2. The summed E-state index contributed by atoms with van der Waals surface area (Å²) in [6.45, 7) is 6.51. The normalized spacial score (nSPS) is 13.1. The molecule has 0 heterocycles. The Labute approximate surface area is 362 Å². The first kappa shape index (κ1) is 56.9. The van der Waals surface area contributed by atoms with Crippen molar-refractivity contribution in [3.8, 4) is 0 Å². The molecule has 0 saturated heterocycles. The van der Waals surface area contributed by atoms with Crippen molar-refractivity contribution in [2.24, 2.45) is 0 Å². The van der Waals surface area contributed by atoms with Crippen molar-refractivity contribution >= 4 is 11.9 Å². The molecule has 0 bridgehead atoms. The minimum absolute atomic E-state index is 0.0876. The van der Waals surface area contributed by atoms with E-state index in [-0.39, 0.29) is 24.9 Å². The summed E-state index contributed by atoms with van der Waals surface area (Å²) in [7, 11) is 0. The molecule has 0 aliphatic rings. The van der Waals surface area contributed by atoms with Crippen LogP contribution in [0.1, 0.15) is 297 Å². The Morgan fingerprint density at radius 2 is 0.724 bits per heavy atom. The molecular weight excluding hydrogens is 719 g/mol. The van der Waals surface area contributed by atoms with E-state index in [1.807, 2.05) is 0 Å². The maximum absolute atomic E-state index is 13.2. The minimum Gasteiger partial charge on any atom is -0.462 e. The van der Waals surface area contributed by atoms with Crippen LogP contribution in [0.4, 0.5) is 0 Å². The molecular formula is C52H103NO5. The maximum Gasteiger partial charge on any atom is 0.306 e. The third kappa shape index (κ3) is 41.6. The van der Waals surface area contributed by atoms with E-state index < -0.39 is 18.2 Å². The van der Waals surface area contributed by atoms with Crippen LogP contribution in [0.25, 0.3) is 0 Å². The van der Waals surface area contributed by atoms with E-state index in [9.17, 15) is 19.8 Å². The molecule has 0 saturated carbocycles. The summed E-state index contributed by atoms with van der Waals surface area (Å²) in [5.74, 6) is -0.451. The highest BCUT2D eigenvalue weighted by molar-refractivity contribution is 5.77. The number of hydrogen-bond acceptors (Lipinski definition) is 5. The van der Waals surface area contributed by atoms with E-state index in [4.69, 9.17) is 4.74 Å². The van der Waals surface area contributed by atoms with Crippen LogP contribution in [0, 0.1) is 0 Å². The van der Waals surface area contributed by atoms with Gasteiger partial charge < -0.3 is 20.3 Å². The lowest BCUT2D eigenvalue weighted by Crippen LogP contribution is -2.46. The highest BCUT2D eigenvalue weighted by atomic mass is 16.5. The van der Waals surface area contributed by atoms with Gasteiger partial charge in [0.1, 0.15) is 6.10 Å². The lowest BCUT2D eigenvalue weighted by atomic mass is 10.0. The van der Waals surface area contributed by atoms with Gasteiger partial charge in [0.2, 0.25) is 5.91 Å². The van der Waals surface area contributed by atoms with Gasteiger partial charge in [-0.3, -0.25) is 9.59 Å². The summed E-state index contributed by atoms with van der Waals surface area (Å²) in [6, 6.07) is -0.691. The molecule has 346 valence electrons. The summed E-state index contributed by atoms with van der Waals surface area (Å²) in [5.41, 5.74) is 0. The van der Waals surface area contributed by atoms with Crippen LogP contribution in [-0.4, -0.2) is 46.9 Å². The number of unbranched alkanes of at least 4 members (excludes halogenated alkanes) is 36. The summed E-state index contributed by atoms with van der Waals surface area (Å²) < 4.78 is 5.94. The Morgan fingerprint density at radius 3 is 1.05 bits per heavy atom. The first-order chi connectivity index (χ1) is 28.5. The third-order valence-corrected chi connectivity index (χ3v) is 12.4. The van der Waals surface area contributed by atoms with Crippen LogP contribution in [0.2, 0.25) is 0 Å². The van der Waals surface area contributed by atoms with E-state index >= 15 is 0 Å². The maximum atomic E-state index is 13.2. The van der Waals surface area contributed by atoms with Crippen molar-refractivity contribution in [3.05, 3.63) is 0 Å². The van der Waals surface area contributed by atoms with Gasteiger partial charge in [0.25, 0.3) is 0 Å². The second-order valence-electron chi connectivity index (χ2n) is 18.3. The lowest BCUT2D eigenvalue weighted by molar-refractivity contribution is -0.151. The van der Waals surface area contributed by atoms with Gasteiger partial charge in [0.15, 0.2) is 0 Å². The molecule has 0 spiro atoms. The molecule has 6 nitrogen and oxygen atoms in total. The molecule has 58 heavy (non-hydrogen) atoms. The summed E-state index contributed by atoms with van der Waals surface area (Å²) in [6.07, 6.45) is 50.2. The first-order valence-corrected chi connectivity index (χ1v) is 26.3. The molecule has 3 unspecified atom stereocenters. The number of ether oxygens (including phenoxy) is 1. The number of rotatable bonds is 48. The molecule has 0 radical (unpaired) electrons. The van der Waals surface area contributed by atoms with Crippen molar-refractivity contribution in [1.82, 2.24) is 5.32 Å². The van der Waals surface area contributed by atoms with Crippen LogP contribution in [-0.2, 0) is 14.3 Å². The fraction of sp³-hybridized carbons (Fsp3) is 0.962. The van der Waals surface area contributed by atoms with Gasteiger partial charge in [-0.25, -0.2) is 0 Å². The molecule has 0 rings (SSSR count). The number of hydrogen-bond donors (Lipinski definition) is 3. The highest BCUT2D eigenvalue weighted by Crippen LogP contribution is 2.19. The zero-order valence-electron chi connectivity index (χ0n) is 39.5. The quantitative estimate of drug-likeness (QED) is 0.0420. The van der Waals surface area contributed by atoms with E-state index in [1.54, 1.807) is 0 Å². The predicted molar refractivity (Wildman–Crippen MR) is 250 cm³/mol. The standard InChI is InChI=1S/C52H103NO5/c1-4-7-10-13-16-19-22-24-25-26-27-30-33-36-39-42-45-52(57)58-48(43-40-37-34-31-28-21-18-15-12-9-6-3)46-51(56)53-49(47-54)50(55)44-41-38-35-32-29-23-20-17-14-11-8-5-2/h48-50,54-55H,4-47H2,1-3H3,(H,53,56). The van der Waals surface area contributed by atoms with Gasteiger partial charge in [0.05, 0.1) is 25.2 Å². The van der Waals surface area contributed by atoms with Crippen molar-refractivity contribution in [2.45, 2.75) is 315 Å². The zero-order valence-corrected chi connectivity index (χ0v) is 39.5. The van der Waals surface area contributed by atoms with Crippen LogP contribution in [0.5, 0.6) is 0 Å².